The average molecular weight is 639 g/mol. The lowest BCUT2D eigenvalue weighted by Crippen LogP contribution is -1.92. The highest BCUT2D eigenvalue weighted by Gasteiger charge is 2.22. The standard InChI is InChI=1S/C46H26N2S/c1-2-11-33-32(10-1)36-14-7-15-37-34(22-23-38(33)43(36)37)41-25-21-28-19-18-27-20-24-40(47-44(27)45(28)48-41)30-9-5-8-29(26-30)31-13-6-16-39-35-12-3-4-17-42(35)49-46(31)39/h1-26H. The largest absolute Gasteiger partial charge is 0.245 e. The summed E-state index contributed by atoms with van der Waals surface area (Å²) < 4.78 is 2.64. The zero-order chi connectivity index (χ0) is 32.1. The summed E-state index contributed by atoms with van der Waals surface area (Å²) in [4.78, 5) is 10.7. The molecule has 49 heavy (non-hydrogen) atoms. The Bertz CT molecular complexity index is 2980. The molecule has 0 amide bonds. The van der Waals surface area contributed by atoms with Gasteiger partial charge in [-0.25, -0.2) is 9.97 Å². The maximum atomic E-state index is 5.35. The second kappa shape index (κ2) is 10.2. The highest BCUT2D eigenvalue weighted by Crippen LogP contribution is 2.49. The molecule has 3 aromatic heterocycles. The minimum atomic E-state index is 0.923. The van der Waals surface area contributed by atoms with Crippen LogP contribution in [-0.4, -0.2) is 9.97 Å². The average Bonchev–Trinajstić information content (AvgIpc) is 3.71. The monoisotopic (exact) mass is 638 g/mol. The molecule has 1 aliphatic rings. The van der Waals surface area contributed by atoms with Crippen molar-refractivity contribution >= 4 is 64.1 Å². The van der Waals surface area contributed by atoms with Gasteiger partial charge in [0.2, 0.25) is 0 Å². The van der Waals surface area contributed by atoms with Crippen LogP contribution < -0.4 is 0 Å². The Labute approximate surface area is 286 Å². The van der Waals surface area contributed by atoms with Gasteiger partial charge in [-0.3, -0.25) is 0 Å². The first-order valence-electron chi connectivity index (χ1n) is 16.7. The van der Waals surface area contributed by atoms with E-state index in [1.807, 2.05) is 11.3 Å². The van der Waals surface area contributed by atoms with Crippen LogP contribution in [0.1, 0.15) is 0 Å². The van der Waals surface area contributed by atoms with Gasteiger partial charge in [0.05, 0.1) is 22.4 Å². The summed E-state index contributed by atoms with van der Waals surface area (Å²) in [6.07, 6.45) is 0. The third-order valence-electron chi connectivity index (χ3n) is 10.2. The number of fused-ring (bicyclic) bond motifs is 9. The van der Waals surface area contributed by atoms with Crippen LogP contribution in [0, 0.1) is 0 Å². The van der Waals surface area contributed by atoms with E-state index in [1.165, 1.54) is 64.3 Å². The molecule has 0 fully saturated rings. The van der Waals surface area contributed by atoms with Crippen molar-refractivity contribution in [1.82, 2.24) is 9.97 Å². The van der Waals surface area contributed by atoms with Crippen molar-refractivity contribution in [2.45, 2.75) is 0 Å². The predicted octanol–water partition coefficient (Wildman–Crippen LogP) is 13.0. The van der Waals surface area contributed by atoms with Crippen molar-refractivity contribution in [3.63, 3.8) is 0 Å². The topological polar surface area (TPSA) is 25.8 Å². The second-order valence-corrected chi connectivity index (χ2v) is 13.9. The zero-order valence-electron chi connectivity index (χ0n) is 26.3. The van der Waals surface area contributed by atoms with Crippen LogP contribution in [-0.2, 0) is 0 Å². The Kier molecular flexibility index (Phi) is 5.57. The molecule has 7 aromatic carbocycles. The highest BCUT2D eigenvalue weighted by atomic mass is 32.1. The number of rotatable bonds is 3. The number of pyridine rings is 2. The molecule has 226 valence electrons. The van der Waals surface area contributed by atoms with Crippen molar-refractivity contribution in [3.05, 3.63) is 158 Å². The number of nitrogens with zero attached hydrogens (tertiary/aromatic N) is 2. The molecular formula is C46H26N2S. The molecule has 0 spiro atoms. The van der Waals surface area contributed by atoms with Gasteiger partial charge in [0.15, 0.2) is 0 Å². The zero-order valence-corrected chi connectivity index (χ0v) is 27.1. The summed E-state index contributed by atoms with van der Waals surface area (Å²) in [5, 5.41) is 7.35. The molecule has 3 heterocycles. The van der Waals surface area contributed by atoms with E-state index in [1.54, 1.807) is 0 Å². The van der Waals surface area contributed by atoms with E-state index in [0.29, 0.717) is 0 Å². The fourth-order valence-corrected chi connectivity index (χ4v) is 9.17. The van der Waals surface area contributed by atoms with Crippen molar-refractivity contribution in [2.75, 3.05) is 0 Å². The molecule has 0 aliphatic heterocycles. The van der Waals surface area contributed by atoms with E-state index in [0.717, 1.165) is 44.3 Å². The van der Waals surface area contributed by atoms with Crippen LogP contribution >= 0.6 is 11.3 Å². The lowest BCUT2D eigenvalue weighted by molar-refractivity contribution is 1.37. The summed E-state index contributed by atoms with van der Waals surface area (Å²) in [6.45, 7) is 0. The van der Waals surface area contributed by atoms with Crippen LogP contribution in [0.15, 0.2) is 158 Å². The summed E-state index contributed by atoms with van der Waals surface area (Å²) in [5.74, 6) is 0. The van der Waals surface area contributed by atoms with E-state index in [4.69, 9.17) is 9.97 Å². The molecule has 2 nitrogen and oxygen atoms in total. The quantitative estimate of drug-likeness (QED) is 0.180. The van der Waals surface area contributed by atoms with Crippen molar-refractivity contribution < 1.29 is 0 Å². The number of benzene rings is 7. The van der Waals surface area contributed by atoms with Crippen LogP contribution in [0.5, 0.6) is 0 Å². The molecule has 0 saturated heterocycles. The van der Waals surface area contributed by atoms with Crippen LogP contribution in [0.3, 0.4) is 0 Å². The summed E-state index contributed by atoms with van der Waals surface area (Å²) in [6, 6.07) is 57.0. The van der Waals surface area contributed by atoms with Gasteiger partial charge in [-0.2, -0.15) is 0 Å². The van der Waals surface area contributed by atoms with Gasteiger partial charge >= 0.3 is 0 Å². The van der Waals surface area contributed by atoms with E-state index in [2.05, 4.69) is 158 Å². The number of hydrogen-bond donors (Lipinski definition) is 0. The van der Waals surface area contributed by atoms with Crippen molar-refractivity contribution in [2.24, 2.45) is 0 Å². The molecule has 3 heteroatoms. The second-order valence-electron chi connectivity index (χ2n) is 12.9. The van der Waals surface area contributed by atoms with Gasteiger partial charge in [-0.15, -0.1) is 11.3 Å². The minimum Gasteiger partial charge on any atom is -0.245 e. The SMILES string of the molecule is c1cc(-c2ccc3ccc4ccc(-c5ccc6c7c(cccc57)-c5ccccc5-6)nc4c3n2)cc(-c2cccc3c2sc2ccccc23)c1. The predicted molar refractivity (Wildman–Crippen MR) is 208 cm³/mol. The fraction of sp³-hybridized carbons (Fsp3) is 0. The number of thiophene rings is 1. The molecule has 11 rings (SSSR count). The third kappa shape index (κ3) is 3.94. The Hall–Kier alpha value is -6.16. The molecule has 10 aromatic rings. The Morgan fingerprint density at radius 2 is 0.939 bits per heavy atom. The molecule has 0 atom stereocenters. The molecular weight excluding hydrogens is 613 g/mol. The molecule has 1 aliphatic carbocycles. The number of hydrogen-bond acceptors (Lipinski definition) is 3. The van der Waals surface area contributed by atoms with Crippen LogP contribution in [0.2, 0.25) is 0 Å². The maximum absolute atomic E-state index is 5.35. The molecule has 0 unspecified atom stereocenters. The van der Waals surface area contributed by atoms with Gasteiger partial charge in [-0.1, -0.05) is 133 Å². The van der Waals surface area contributed by atoms with Crippen LogP contribution in [0.25, 0.3) is 109 Å². The summed E-state index contributed by atoms with van der Waals surface area (Å²) >= 11 is 1.87. The summed E-state index contributed by atoms with van der Waals surface area (Å²) in [5.41, 5.74) is 13.7. The smallest absolute Gasteiger partial charge is 0.0972 e. The van der Waals surface area contributed by atoms with Gasteiger partial charge in [-0.05, 0) is 68.4 Å². The Morgan fingerprint density at radius 1 is 0.367 bits per heavy atom. The summed E-state index contributed by atoms with van der Waals surface area (Å²) in [7, 11) is 0. The van der Waals surface area contributed by atoms with Crippen LogP contribution in [0.4, 0.5) is 0 Å². The lowest BCUT2D eigenvalue weighted by Gasteiger charge is -2.11. The van der Waals surface area contributed by atoms with Crippen molar-refractivity contribution in [1.29, 1.82) is 0 Å². The van der Waals surface area contributed by atoms with Gasteiger partial charge in [0, 0.05) is 42.1 Å². The molecule has 0 N–H and O–H groups in total. The molecule has 0 radical (unpaired) electrons. The first kappa shape index (κ1) is 26.9. The van der Waals surface area contributed by atoms with E-state index in [-0.39, 0.29) is 0 Å². The Morgan fingerprint density at radius 3 is 1.78 bits per heavy atom. The first-order valence-corrected chi connectivity index (χ1v) is 17.5. The van der Waals surface area contributed by atoms with E-state index < -0.39 is 0 Å². The van der Waals surface area contributed by atoms with Crippen molar-refractivity contribution in [3.8, 4) is 55.9 Å². The third-order valence-corrected chi connectivity index (χ3v) is 11.4. The van der Waals surface area contributed by atoms with Gasteiger partial charge in [0.25, 0.3) is 0 Å². The normalized spacial score (nSPS) is 12.1. The highest BCUT2D eigenvalue weighted by molar-refractivity contribution is 7.26. The lowest BCUT2D eigenvalue weighted by atomic mass is 9.96. The van der Waals surface area contributed by atoms with Gasteiger partial charge in [0.1, 0.15) is 0 Å². The molecule has 0 saturated carbocycles. The first-order chi connectivity index (χ1) is 24.3. The number of aromatic nitrogens is 2. The van der Waals surface area contributed by atoms with E-state index >= 15 is 0 Å². The maximum Gasteiger partial charge on any atom is 0.0972 e. The van der Waals surface area contributed by atoms with Gasteiger partial charge < -0.3 is 0 Å². The fourth-order valence-electron chi connectivity index (χ4n) is 7.93. The minimum absolute atomic E-state index is 0.923. The van der Waals surface area contributed by atoms with E-state index in [9.17, 15) is 0 Å². The molecule has 0 bridgehead atoms. The Balaban J connectivity index is 1.06.